The van der Waals surface area contributed by atoms with Gasteiger partial charge in [0.2, 0.25) is 0 Å². The van der Waals surface area contributed by atoms with E-state index < -0.39 is 0 Å². The van der Waals surface area contributed by atoms with Gasteiger partial charge in [-0.05, 0) is 44.1 Å². The molecule has 0 aromatic heterocycles. The monoisotopic (exact) mass is 324 g/mol. The van der Waals surface area contributed by atoms with Crippen molar-refractivity contribution in [1.29, 1.82) is 0 Å². The van der Waals surface area contributed by atoms with Crippen LogP contribution < -0.4 is 10.1 Å². The van der Waals surface area contributed by atoms with Crippen LogP contribution in [-0.2, 0) is 9.53 Å². The number of carbonyl (C=O) groups excluding carboxylic acids is 1. The lowest BCUT2D eigenvalue weighted by molar-refractivity contribution is -0.124. The Hall–Kier alpha value is -1.30. The molecule has 0 spiro atoms. The molecule has 1 amide bonds. The van der Waals surface area contributed by atoms with Gasteiger partial charge in [-0.3, -0.25) is 9.69 Å². The fraction of sp³-hybridized carbons (Fsp3) is 0.562. The van der Waals surface area contributed by atoms with Crippen molar-refractivity contribution in [1.82, 2.24) is 10.2 Å². The molecule has 0 bridgehead atoms. The van der Waals surface area contributed by atoms with Crippen LogP contribution in [0.15, 0.2) is 24.3 Å². The molecule has 3 rings (SSSR count). The van der Waals surface area contributed by atoms with Crippen molar-refractivity contribution >= 4 is 17.5 Å². The van der Waals surface area contributed by atoms with Crippen molar-refractivity contribution in [3.63, 3.8) is 0 Å². The first-order valence-electron chi connectivity index (χ1n) is 7.72. The zero-order valence-electron chi connectivity index (χ0n) is 12.5. The Bertz CT molecular complexity index is 520. The average Bonchev–Trinajstić information content (AvgIpc) is 3.16. The van der Waals surface area contributed by atoms with Crippen LogP contribution in [0.4, 0.5) is 0 Å². The van der Waals surface area contributed by atoms with Gasteiger partial charge in [0.15, 0.2) is 6.61 Å². The summed E-state index contributed by atoms with van der Waals surface area (Å²) in [7, 11) is 0. The summed E-state index contributed by atoms with van der Waals surface area (Å²) in [5.74, 6) is 0.473. The highest BCUT2D eigenvalue weighted by Crippen LogP contribution is 2.19. The fourth-order valence-electron chi connectivity index (χ4n) is 3.07. The van der Waals surface area contributed by atoms with Crippen molar-refractivity contribution in [2.45, 2.75) is 24.9 Å². The highest BCUT2D eigenvalue weighted by Gasteiger charge is 2.35. The number of halogens is 1. The number of hydrogen-bond donors (Lipinski definition) is 1. The minimum absolute atomic E-state index is 0.0104. The van der Waals surface area contributed by atoms with Gasteiger partial charge in [-0.15, -0.1) is 0 Å². The number of rotatable bonds is 5. The highest BCUT2D eigenvalue weighted by atomic mass is 35.5. The van der Waals surface area contributed by atoms with Gasteiger partial charge in [0, 0.05) is 5.02 Å². The van der Waals surface area contributed by atoms with Crippen LogP contribution in [0.25, 0.3) is 0 Å². The molecule has 0 saturated carbocycles. The average molecular weight is 325 g/mol. The number of benzene rings is 1. The second-order valence-corrected chi connectivity index (χ2v) is 6.20. The standard InChI is InChI=1S/C16H21ClN2O3/c17-12-4-3-5-13(8-12)22-11-16(20)18-14-9-21-10-15(14)19-6-1-2-7-19/h3-5,8,14-15H,1-2,6-7,9-11H2,(H,18,20)/t14-,15-/m0/s1. The minimum Gasteiger partial charge on any atom is -0.484 e. The van der Waals surface area contributed by atoms with Crippen LogP contribution >= 0.6 is 11.6 Å². The number of hydrogen-bond acceptors (Lipinski definition) is 4. The maximum absolute atomic E-state index is 12.1. The molecular weight excluding hydrogens is 304 g/mol. The summed E-state index contributed by atoms with van der Waals surface area (Å²) in [4.78, 5) is 14.5. The van der Waals surface area contributed by atoms with Gasteiger partial charge in [-0.25, -0.2) is 0 Å². The van der Waals surface area contributed by atoms with Crippen molar-refractivity contribution in [2.75, 3.05) is 32.9 Å². The minimum atomic E-state index is -0.125. The summed E-state index contributed by atoms with van der Waals surface area (Å²) in [6, 6.07) is 7.38. The number of likely N-dealkylation sites (tertiary alicyclic amines) is 1. The Kier molecular flexibility index (Phi) is 5.18. The third-order valence-electron chi connectivity index (χ3n) is 4.17. The molecule has 1 aromatic rings. The first-order chi connectivity index (χ1) is 10.7. The van der Waals surface area contributed by atoms with E-state index in [2.05, 4.69) is 10.2 Å². The molecule has 0 unspecified atom stereocenters. The lowest BCUT2D eigenvalue weighted by atomic mass is 10.1. The van der Waals surface area contributed by atoms with Gasteiger partial charge in [0.25, 0.3) is 5.91 Å². The topological polar surface area (TPSA) is 50.8 Å². The summed E-state index contributed by atoms with van der Waals surface area (Å²) in [5, 5.41) is 3.62. The predicted molar refractivity (Wildman–Crippen MR) is 84.3 cm³/mol. The van der Waals surface area contributed by atoms with Gasteiger partial charge in [-0.2, -0.15) is 0 Å². The third kappa shape index (κ3) is 3.91. The molecule has 1 N–H and O–H groups in total. The molecule has 2 aliphatic rings. The molecule has 2 heterocycles. The van der Waals surface area contributed by atoms with Crippen LogP contribution in [-0.4, -0.2) is 55.8 Å². The van der Waals surface area contributed by atoms with Gasteiger partial charge in [0.1, 0.15) is 5.75 Å². The van der Waals surface area contributed by atoms with Crippen LogP contribution in [0, 0.1) is 0 Å². The van der Waals surface area contributed by atoms with E-state index in [-0.39, 0.29) is 24.6 Å². The number of amides is 1. The molecule has 0 aliphatic carbocycles. The van der Waals surface area contributed by atoms with Gasteiger partial charge in [-0.1, -0.05) is 17.7 Å². The Morgan fingerprint density at radius 3 is 2.95 bits per heavy atom. The van der Waals surface area contributed by atoms with E-state index in [4.69, 9.17) is 21.1 Å². The van der Waals surface area contributed by atoms with Gasteiger partial charge < -0.3 is 14.8 Å². The van der Waals surface area contributed by atoms with E-state index in [9.17, 15) is 4.79 Å². The zero-order valence-corrected chi connectivity index (χ0v) is 13.2. The Balaban J connectivity index is 1.48. The summed E-state index contributed by atoms with van der Waals surface area (Å²) in [6.45, 7) is 3.45. The number of ether oxygens (including phenoxy) is 2. The van der Waals surface area contributed by atoms with E-state index in [0.717, 1.165) is 13.1 Å². The van der Waals surface area contributed by atoms with Crippen LogP contribution in [0.3, 0.4) is 0 Å². The van der Waals surface area contributed by atoms with Crippen LogP contribution in [0.5, 0.6) is 5.75 Å². The molecule has 22 heavy (non-hydrogen) atoms. The van der Waals surface area contributed by atoms with E-state index in [0.29, 0.717) is 24.0 Å². The first kappa shape index (κ1) is 15.6. The SMILES string of the molecule is O=C(COc1cccc(Cl)c1)N[C@H]1COC[C@@H]1N1CCCC1. The molecule has 2 fully saturated rings. The Labute approximate surface area is 135 Å². The van der Waals surface area contributed by atoms with Gasteiger partial charge in [0.05, 0.1) is 25.3 Å². The highest BCUT2D eigenvalue weighted by molar-refractivity contribution is 6.30. The summed E-state index contributed by atoms with van der Waals surface area (Å²) < 4.78 is 11.0. The number of carbonyl (C=O) groups is 1. The largest absolute Gasteiger partial charge is 0.484 e. The van der Waals surface area contributed by atoms with E-state index in [1.165, 1.54) is 12.8 Å². The zero-order chi connectivity index (χ0) is 15.4. The van der Waals surface area contributed by atoms with Crippen molar-refractivity contribution < 1.29 is 14.3 Å². The van der Waals surface area contributed by atoms with Crippen LogP contribution in [0.1, 0.15) is 12.8 Å². The Morgan fingerprint density at radius 1 is 1.36 bits per heavy atom. The van der Waals surface area contributed by atoms with Crippen molar-refractivity contribution in [3.05, 3.63) is 29.3 Å². The van der Waals surface area contributed by atoms with Crippen molar-refractivity contribution in [2.24, 2.45) is 0 Å². The summed E-state index contributed by atoms with van der Waals surface area (Å²) in [5.41, 5.74) is 0. The fourth-order valence-corrected chi connectivity index (χ4v) is 3.25. The molecule has 2 saturated heterocycles. The van der Waals surface area contributed by atoms with E-state index >= 15 is 0 Å². The second kappa shape index (κ2) is 7.31. The maximum atomic E-state index is 12.1. The van der Waals surface area contributed by atoms with Gasteiger partial charge >= 0.3 is 0 Å². The maximum Gasteiger partial charge on any atom is 0.258 e. The summed E-state index contributed by atoms with van der Waals surface area (Å²) in [6.07, 6.45) is 2.46. The van der Waals surface area contributed by atoms with E-state index in [1.807, 2.05) is 0 Å². The molecule has 120 valence electrons. The lowest BCUT2D eigenvalue weighted by Gasteiger charge is -2.27. The lowest BCUT2D eigenvalue weighted by Crippen LogP contribution is -2.51. The smallest absolute Gasteiger partial charge is 0.258 e. The predicted octanol–water partition coefficient (Wildman–Crippen LogP) is 1.70. The quantitative estimate of drug-likeness (QED) is 0.895. The number of nitrogens with one attached hydrogen (secondary N) is 1. The van der Waals surface area contributed by atoms with Crippen molar-refractivity contribution in [3.8, 4) is 5.75 Å². The molecule has 0 radical (unpaired) electrons. The second-order valence-electron chi connectivity index (χ2n) is 5.77. The third-order valence-corrected chi connectivity index (χ3v) is 4.41. The Morgan fingerprint density at radius 2 is 2.18 bits per heavy atom. The number of nitrogens with zero attached hydrogens (tertiary/aromatic N) is 1. The normalized spacial score (nSPS) is 25.3. The molecule has 1 aromatic carbocycles. The molecule has 2 aliphatic heterocycles. The first-order valence-corrected chi connectivity index (χ1v) is 8.10. The molecule has 2 atom stereocenters. The molecular formula is C16H21ClN2O3. The molecule has 5 nitrogen and oxygen atoms in total. The van der Waals surface area contributed by atoms with Crippen LogP contribution in [0.2, 0.25) is 5.02 Å². The van der Waals surface area contributed by atoms with E-state index in [1.54, 1.807) is 24.3 Å². The summed E-state index contributed by atoms with van der Waals surface area (Å²) >= 11 is 5.89. The molecule has 6 heteroatoms.